The van der Waals surface area contributed by atoms with Crippen molar-refractivity contribution in [3.63, 3.8) is 0 Å². The Morgan fingerprint density at radius 2 is 1.72 bits per heavy atom. The Balaban J connectivity index is 1.63. The molecule has 2 heterocycles. The lowest BCUT2D eigenvalue weighted by atomic mass is 10.00. The van der Waals surface area contributed by atoms with E-state index in [-0.39, 0.29) is 5.54 Å². The Kier molecular flexibility index (Phi) is 5.68. The molecule has 0 spiro atoms. The first kappa shape index (κ1) is 18.6. The molecule has 1 aromatic carbocycles. The van der Waals surface area contributed by atoms with Crippen LogP contribution in [0.15, 0.2) is 18.3 Å². The second-order valence-electron chi connectivity index (χ2n) is 7.41. The van der Waals surface area contributed by atoms with E-state index < -0.39 is 0 Å². The molecular formula is C18H25Cl2N5. The average molecular weight is 382 g/mol. The van der Waals surface area contributed by atoms with Gasteiger partial charge in [-0.05, 0) is 39.4 Å². The van der Waals surface area contributed by atoms with Crippen LogP contribution >= 0.6 is 23.2 Å². The Hall–Kier alpha value is -1.14. The zero-order valence-corrected chi connectivity index (χ0v) is 16.5. The van der Waals surface area contributed by atoms with E-state index in [0.717, 1.165) is 56.0 Å². The van der Waals surface area contributed by atoms with Crippen molar-refractivity contribution in [3.8, 4) is 0 Å². The third-order valence-electron chi connectivity index (χ3n) is 4.70. The minimum Gasteiger partial charge on any atom is -0.364 e. The van der Waals surface area contributed by atoms with Gasteiger partial charge in [0, 0.05) is 38.3 Å². The van der Waals surface area contributed by atoms with Crippen LogP contribution in [0.25, 0.3) is 11.0 Å². The number of anilines is 1. The SMILES string of the molecule is CN1CCN(CCC(C)(C)Nc2cnc3cc(Cl)c(Cl)cc3n2)CC1. The lowest BCUT2D eigenvalue weighted by Gasteiger charge is -2.35. The van der Waals surface area contributed by atoms with Crippen LogP contribution in [0.2, 0.25) is 10.0 Å². The fourth-order valence-corrected chi connectivity index (χ4v) is 3.30. The molecule has 1 saturated heterocycles. The van der Waals surface area contributed by atoms with Gasteiger partial charge in [-0.15, -0.1) is 0 Å². The normalized spacial score (nSPS) is 17.2. The summed E-state index contributed by atoms with van der Waals surface area (Å²) < 4.78 is 0. The first-order chi connectivity index (χ1) is 11.8. The third-order valence-corrected chi connectivity index (χ3v) is 5.42. The number of nitrogens with zero attached hydrogens (tertiary/aromatic N) is 4. The van der Waals surface area contributed by atoms with Crippen molar-refractivity contribution in [2.75, 3.05) is 45.1 Å². The molecule has 0 bridgehead atoms. The van der Waals surface area contributed by atoms with E-state index in [9.17, 15) is 0 Å². The number of rotatable bonds is 5. The van der Waals surface area contributed by atoms with Crippen LogP contribution in [0.4, 0.5) is 5.82 Å². The van der Waals surface area contributed by atoms with E-state index in [4.69, 9.17) is 23.2 Å². The maximum Gasteiger partial charge on any atom is 0.145 e. The van der Waals surface area contributed by atoms with Gasteiger partial charge in [-0.1, -0.05) is 23.2 Å². The largest absolute Gasteiger partial charge is 0.364 e. The number of halogens is 2. The number of nitrogens with one attached hydrogen (secondary N) is 1. The molecule has 1 aliphatic heterocycles. The number of piperazine rings is 1. The molecule has 1 aliphatic rings. The summed E-state index contributed by atoms with van der Waals surface area (Å²) in [6.45, 7) is 10.0. The highest BCUT2D eigenvalue weighted by molar-refractivity contribution is 6.42. The van der Waals surface area contributed by atoms with E-state index in [1.807, 2.05) is 0 Å². The summed E-state index contributed by atoms with van der Waals surface area (Å²) >= 11 is 12.1. The lowest BCUT2D eigenvalue weighted by Crippen LogP contribution is -2.46. The summed E-state index contributed by atoms with van der Waals surface area (Å²) in [7, 11) is 2.18. The van der Waals surface area contributed by atoms with E-state index in [0.29, 0.717) is 10.0 Å². The van der Waals surface area contributed by atoms with Crippen molar-refractivity contribution in [2.45, 2.75) is 25.8 Å². The van der Waals surface area contributed by atoms with Crippen LogP contribution in [0.5, 0.6) is 0 Å². The number of likely N-dealkylation sites (N-methyl/N-ethyl adjacent to an activating group) is 1. The smallest absolute Gasteiger partial charge is 0.145 e. The quantitative estimate of drug-likeness (QED) is 0.853. The van der Waals surface area contributed by atoms with Crippen molar-refractivity contribution in [2.24, 2.45) is 0 Å². The predicted octanol–water partition coefficient (Wildman–Crippen LogP) is 3.76. The van der Waals surface area contributed by atoms with Gasteiger partial charge in [0.2, 0.25) is 0 Å². The Labute approximate surface area is 159 Å². The van der Waals surface area contributed by atoms with E-state index >= 15 is 0 Å². The summed E-state index contributed by atoms with van der Waals surface area (Å²) in [6, 6.07) is 3.50. The van der Waals surface area contributed by atoms with Crippen molar-refractivity contribution >= 4 is 40.1 Å². The van der Waals surface area contributed by atoms with E-state index in [1.165, 1.54) is 0 Å². The van der Waals surface area contributed by atoms with Gasteiger partial charge in [0.05, 0.1) is 27.3 Å². The first-order valence-electron chi connectivity index (χ1n) is 8.63. The third kappa shape index (κ3) is 4.94. The van der Waals surface area contributed by atoms with Gasteiger partial charge in [-0.3, -0.25) is 4.98 Å². The molecule has 3 rings (SSSR count). The van der Waals surface area contributed by atoms with Gasteiger partial charge < -0.3 is 15.1 Å². The van der Waals surface area contributed by atoms with Crippen LogP contribution in [-0.4, -0.2) is 65.1 Å². The number of hydrogen-bond donors (Lipinski definition) is 1. The number of fused-ring (bicyclic) bond motifs is 1. The standard InChI is InChI=1S/C18H25Cl2N5/c1-18(2,4-5-25-8-6-24(3)7-9-25)23-17-12-21-15-10-13(19)14(20)11-16(15)22-17/h10-12H,4-9H2,1-3H3,(H,22,23). The zero-order valence-electron chi connectivity index (χ0n) is 15.0. The molecular weight excluding hydrogens is 357 g/mol. The highest BCUT2D eigenvalue weighted by Gasteiger charge is 2.21. The number of hydrogen-bond acceptors (Lipinski definition) is 5. The highest BCUT2D eigenvalue weighted by atomic mass is 35.5. The molecule has 1 aromatic heterocycles. The Morgan fingerprint density at radius 1 is 1.08 bits per heavy atom. The maximum absolute atomic E-state index is 6.09. The summed E-state index contributed by atoms with van der Waals surface area (Å²) in [6.07, 6.45) is 2.79. The molecule has 136 valence electrons. The molecule has 1 fully saturated rings. The Bertz CT molecular complexity index is 742. The lowest BCUT2D eigenvalue weighted by molar-refractivity contribution is 0.147. The summed E-state index contributed by atoms with van der Waals surface area (Å²) in [5, 5.41) is 4.50. The van der Waals surface area contributed by atoms with Crippen LogP contribution in [0.3, 0.4) is 0 Å². The van der Waals surface area contributed by atoms with E-state index in [1.54, 1.807) is 18.3 Å². The van der Waals surface area contributed by atoms with Crippen LogP contribution in [0, 0.1) is 0 Å². The minimum absolute atomic E-state index is 0.0675. The van der Waals surface area contributed by atoms with Gasteiger partial charge in [-0.25, -0.2) is 4.98 Å². The first-order valence-corrected chi connectivity index (χ1v) is 9.39. The van der Waals surface area contributed by atoms with Crippen molar-refractivity contribution in [1.82, 2.24) is 19.8 Å². The van der Waals surface area contributed by atoms with Gasteiger partial charge in [0.1, 0.15) is 5.82 Å². The monoisotopic (exact) mass is 381 g/mol. The predicted molar refractivity (Wildman–Crippen MR) is 106 cm³/mol. The van der Waals surface area contributed by atoms with Crippen molar-refractivity contribution in [1.29, 1.82) is 0 Å². The topological polar surface area (TPSA) is 44.3 Å². The molecule has 2 aromatic rings. The zero-order chi connectivity index (χ0) is 18.0. The molecule has 5 nitrogen and oxygen atoms in total. The molecule has 0 unspecified atom stereocenters. The van der Waals surface area contributed by atoms with Crippen LogP contribution in [0.1, 0.15) is 20.3 Å². The maximum atomic E-state index is 6.09. The van der Waals surface area contributed by atoms with Gasteiger partial charge >= 0.3 is 0 Å². The second kappa shape index (κ2) is 7.62. The molecule has 0 atom stereocenters. The van der Waals surface area contributed by atoms with Crippen LogP contribution in [-0.2, 0) is 0 Å². The molecule has 0 saturated carbocycles. The molecule has 1 N–H and O–H groups in total. The highest BCUT2D eigenvalue weighted by Crippen LogP contribution is 2.27. The van der Waals surface area contributed by atoms with Crippen molar-refractivity contribution in [3.05, 3.63) is 28.4 Å². The molecule has 0 amide bonds. The number of aromatic nitrogens is 2. The average Bonchev–Trinajstić information content (AvgIpc) is 2.55. The number of benzene rings is 1. The van der Waals surface area contributed by atoms with Crippen molar-refractivity contribution < 1.29 is 0 Å². The van der Waals surface area contributed by atoms with Crippen LogP contribution < -0.4 is 5.32 Å². The summed E-state index contributed by atoms with van der Waals surface area (Å²) in [5.74, 6) is 0.759. The molecule has 0 radical (unpaired) electrons. The van der Waals surface area contributed by atoms with E-state index in [2.05, 4.69) is 46.0 Å². The Morgan fingerprint density at radius 3 is 2.40 bits per heavy atom. The minimum atomic E-state index is -0.0675. The second-order valence-corrected chi connectivity index (χ2v) is 8.23. The van der Waals surface area contributed by atoms with Gasteiger partial charge in [-0.2, -0.15) is 0 Å². The fourth-order valence-electron chi connectivity index (χ4n) is 2.99. The molecule has 0 aliphatic carbocycles. The van der Waals surface area contributed by atoms with Gasteiger partial charge in [0.25, 0.3) is 0 Å². The summed E-state index contributed by atoms with van der Waals surface area (Å²) in [5.41, 5.74) is 1.42. The molecule has 7 heteroatoms. The summed E-state index contributed by atoms with van der Waals surface area (Å²) in [4.78, 5) is 14.0. The van der Waals surface area contributed by atoms with Gasteiger partial charge in [0.15, 0.2) is 0 Å². The molecule has 25 heavy (non-hydrogen) atoms. The fraction of sp³-hybridized carbons (Fsp3) is 0.556.